The molecule has 98 valence electrons. The van der Waals surface area contributed by atoms with Crippen molar-refractivity contribution in [3.05, 3.63) is 12.2 Å². The minimum atomic E-state index is -0.935. The van der Waals surface area contributed by atoms with Gasteiger partial charge in [-0.05, 0) is 13.3 Å². The molecule has 1 spiro atoms. The lowest BCUT2D eigenvalue weighted by Crippen LogP contribution is -2.40. The van der Waals surface area contributed by atoms with E-state index in [9.17, 15) is 14.7 Å². The smallest absolute Gasteiger partial charge is 0.310 e. The largest absolute Gasteiger partial charge is 0.481 e. The van der Waals surface area contributed by atoms with E-state index in [4.69, 9.17) is 4.74 Å². The van der Waals surface area contributed by atoms with E-state index in [-0.39, 0.29) is 11.9 Å². The first-order valence-electron chi connectivity index (χ1n) is 6.40. The fourth-order valence-corrected chi connectivity index (χ4v) is 3.40. The Balaban J connectivity index is 1.97. The van der Waals surface area contributed by atoms with E-state index in [0.717, 1.165) is 6.42 Å². The summed E-state index contributed by atoms with van der Waals surface area (Å²) in [6, 6.07) is 0.128. The lowest BCUT2D eigenvalue weighted by molar-refractivity contribution is -0.148. The number of carboxylic acid groups (broad SMARTS) is 1. The van der Waals surface area contributed by atoms with Crippen LogP contribution in [-0.4, -0.2) is 46.2 Å². The molecule has 3 aliphatic heterocycles. The molecule has 2 bridgehead atoms. The molecule has 0 saturated carbocycles. The second kappa shape index (κ2) is 3.57. The van der Waals surface area contributed by atoms with Crippen molar-refractivity contribution >= 4 is 11.9 Å². The van der Waals surface area contributed by atoms with Crippen molar-refractivity contribution in [2.45, 2.75) is 38.0 Å². The number of hydrogen-bond acceptors (Lipinski definition) is 3. The number of aliphatic carboxylic acids is 1. The highest BCUT2D eigenvalue weighted by molar-refractivity contribution is 5.90. The highest BCUT2D eigenvalue weighted by atomic mass is 16.5. The maximum atomic E-state index is 12.4. The molecule has 0 unspecified atom stereocenters. The Bertz CT molecular complexity index is 446. The van der Waals surface area contributed by atoms with Gasteiger partial charge in [0, 0.05) is 6.04 Å². The second-order valence-corrected chi connectivity index (χ2v) is 5.46. The van der Waals surface area contributed by atoms with Gasteiger partial charge in [0.05, 0.1) is 18.6 Å². The normalized spacial score (nSPS) is 42.4. The Kier molecular flexibility index (Phi) is 2.32. The first-order valence-corrected chi connectivity index (χ1v) is 6.40. The van der Waals surface area contributed by atoms with Crippen LogP contribution in [0.4, 0.5) is 0 Å². The number of hydrogen-bond donors (Lipinski definition) is 1. The summed E-state index contributed by atoms with van der Waals surface area (Å²) in [7, 11) is 0. The quantitative estimate of drug-likeness (QED) is 0.748. The van der Waals surface area contributed by atoms with Crippen LogP contribution in [0.25, 0.3) is 0 Å². The van der Waals surface area contributed by atoms with Crippen molar-refractivity contribution in [2.24, 2.45) is 11.8 Å². The van der Waals surface area contributed by atoms with Gasteiger partial charge in [-0.3, -0.25) is 9.59 Å². The van der Waals surface area contributed by atoms with Crippen LogP contribution in [0.5, 0.6) is 0 Å². The van der Waals surface area contributed by atoms with Gasteiger partial charge >= 0.3 is 5.97 Å². The molecule has 5 nitrogen and oxygen atoms in total. The monoisotopic (exact) mass is 251 g/mol. The van der Waals surface area contributed by atoms with Crippen LogP contribution in [0.15, 0.2) is 12.2 Å². The molecule has 0 aromatic carbocycles. The van der Waals surface area contributed by atoms with Crippen molar-refractivity contribution in [3.63, 3.8) is 0 Å². The molecule has 5 atom stereocenters. The summed E-state index contributed by atoms with van der Waals surface area (Å²) in [6.45, 7) is 4.50. The fourth-order valence-electron chi connectivity index (χ4n) is 3.40. The number of fused-ring (bicyclic) bond motifs is 1. The molecule has 3 heterocycles. The van der Waals surface area contributed by atoms with E-state index in [2.05, 4.69) is 0 Å². The number of rotatable bonds is 3. The Labute approximate surface area is 105 Å². The number of carbonyl (C=O) groups is 2. The van der Waals surface area contributed by atoms with Crippen LogP contribution in [0.2, 0.25) is 0 Å². The molecule has 1 amide bonds. The number of carbonyl (C=O) groups excluding carboxylic acids is 1. The lowest BCUT2D eigenvalue weighted by Gasteiger charge is -2.26. The van der Waals surface area contributed by atoms with Crippen molar-refractivity contribution < 1.29 is 19.4 Å². The topological polar surface area (TPSA) is 66.8 Å². The molecule has 0 aliphatic carbocycles. The van der Waals surface area contributed by atoms with E-state index >= 15 is 0 Å². The molecular formula is C13H17NO4. The predicted octanol–water partition coefficient (Wildman–Crippen LogP) is 0.651. The summed E-state index contributed by atoms with van der Waals surface area (Å²) >= 11 is 0. The van der Waals surface area contributed by atoms with Crippen molar-refractivity contribution in [2.75, 3.05) is 6.54 Å². The summed E-state index contributed by atoms with van der Waals surface area (Å²) in [5.74, 6) is -2.27. The van der Waals surface area contributed by atoms with Crippen LogP contribution in [-0.2, 0) is 14.3 Å². The predicted molar refractivity (Wildman–Crippen MR) is 62.8 cm³/mol. The molecule has 0 aromatic rings. The summed E-state index contributed by atoms with van der Waals surface area (Å²) in [5, 5.41) is 9.29. The third-order valence-electron chi connectivity index (χ3n) is 4.54. The first-order chi connectivity index (χ1) is 8.50. The van der Waals surface area contributed by atoms with Crippen LogP contribution in [0, 0.1) is 11.8 Å². The Morgan fingerprint density at radius 2 is 2.44 bits per heavy atom. The fraction of sp³-hybridized carbons (Fsp3) is 0.692. The molecule has 3 aliphatic rings. The Hall–Kier alpha value is -1.36. The third kappa shape index (κ3) is 1.25. The number of amides is 1. The van der Waals surface area contributed by atoms with E-state index in [1.165, 1.54) is 0 Å². The van der Waals surface area contributed by atoms with Gasteiger partial charge in [0.2, 0.25) is 5.91 Å². The van der Waals surface area contributed by atoms with Gasteiger partial charge in [-0.1, -0.05) is 19.1 Å². The zero-order valence-corrected chi connectivity index (χ0v) is 10.5. The van der Waals surface area contributed by atoms with Gasteiger partial charge in [0.1, 0.15) is 11.5 Å². The van der Waals surface area contributed by atoms with E-state index < -0.39 is 29.5 Å². The lowest BCUT2D eigenvalue weighted by atomic mass is 9.77. The Morgan fingerprint density at radius 1 is 1.72 bits per heavy atom. The molecule has 2 fully saturated rings. The van der Waals surface area contributed by atoms with Gasteiger partial charge in [-0.25, -0.2) is 0 Å². The van der Waals surface area contributed by atoms with Gasteiger partial charge in [-0.2, -0.15) is 0 Å². The number of ether oxygens (including phenoxy) is 1. The number of nitrogens with zero attached hydrogens (tertiary/aromatic N) is 1. The summed E-state index contributed by atoms with van der Waals surface area (Å²) in [4.78, 5) is 25.5. The molecule has 5 heteroatoms. The van der Waals surface area contributed by atoms with Crippen molar-refractivity contribution in [1.82, 2.24) is 4.90 Å². The minimum Gasteiger partial charge on any atom is -0.481 e. The number of likely N-dealkylation sites (tertiary alicyclic amines) is 1. The SMILES string of the molecule is CC[C@H](C)N1C[C@@]23C=C[C@H](O2)[C@H](C(=O)O)[C@H]3C1=O. The zero-order chi connectivity index (χ0) is 13.1. The zero-order valence-electron chi connectivity index (χ0n) is 10.5. The van der Waals surface area contributed by atoms with Crippen LogP contribution in [0.3, 0.4) is 0 Å². The summed E-state index contributed by atoms with van der Waals surface area (Å²) < 4.78 is 5.80. The maximum Gasteiger partial charge on any atom is 0.310 e. The van der Waals surface area contributed by atoms with Crippen LogP contribution >= 0.6 is 0 Å². The van der Waals surface area contributed by atoms with E-state index in [1.807, 2.05) is 19.9 Å². The van der Waals surface area contributed by atoms with Crippen LogP contribution in [0.1, 0.15) is 20.3 Å². The summed E-state index contributed by atoms with van der Waals surface area (Å²) in [5.41, 5.74) is -0.686. The molecule has 0 aromatic heterocycles. The Morgan fingerprint density at radius 3 is 3.06 bits per heavy atom. The maximum absolute atomic E-state index is 12.4. The van der Waals surface area contributed by atoms with Crippen LogP contribution < -0.4 is 0 Å². The third-order valence-corrected chi connectivity index (χ3v) is 4.54. The highest BCUT2D eigenvalue weighted by Gasteiger charge is 2.67. The average Bonchev–Trinajstić information content (AvgIpc) is 2.96. The molecular weight excluding hydrogens is 234 g/mol. The van der Waals surface area contributed by atoms with Gasteiger partial charge in [0.25, 0.3) is 0 Å². The molecule has 0 radical (unpaired) electrons. The first kappa shape index (κ1) is 11.7. The molecule has 18 heavy (non-hydrogen) atoms. The average molecular weight is 251 g/mol. The van der Waals surface area contributed by atoms with Crippen molar-refractivity contribution in [1.29, 1.82) is 0 Å². The highest BCUT2D eigenvalue weighted by Crippen LogP contribution is 2.52. The van der Waals surface area contributed by atoms with Gasteiger partial charge < -0.3 is 14.7 Å². The minimum absolute atomic E-state index is 0.0661. The van der Waals surface area contributed by atoms with E-state index in [0.29, 0.717) is 6.54 Å². The summed E-state index contributed by atoms with van der Waals surface area (Å²) in [6.07, 6.45) is 4.11. The molecule has 3 rings (SSSR count). The van der Waals surface area contributed by atoms with E-state index in [1.54, 1.807) is 11.0 Å². The number of carboxylic acids is 1. The van der Waals surface area contributed by atoms with Gasteiger partial charge in [0.15, 0.2) is 0 Å². The van der Waals surface area contributed by atoms with Crippen molar-refractivity contribution in [3.8, 4) is 0 Å². The van der Waals surface area contributed by atoms with Gasteiger partial charge in [-0.15, -0.1) is 0 Å². The second-order valence-electron chi connectivity index (χ2n) is 5.46. The molecule has 2 saturated heterocycles. The standard InChI is InChI=1S/C13H17NO4/c1-3-7(2)14-6-13-5-4-8(18-13)9(12(16)17)10(13)11(14)15/h4-5,7-10H,3,6H2,1-2H3,(H,16,17)/t7-,8-,9-,10-,13+/m0/s1. The molecule has 1 N–H and O–H groups in total.